The maximum atomic E-state index is 5.31. The minimum atomic E-state index is 0.585. The molecule has 0 saturated heterocycles. The van der Waals surface area contributed by atoms with Crippen LogP contribution in [-0.4, -0.2) is 33.1 Å². The Morgan fingerprint density at radius 1 is 0.906 bits per heavy atom. The van der Waals surface area contributed by atoms with Crippen LogP contribution < -0.4 is 10.2 Å². The van der Waals surface area contributed by atoms with Crippen LogP contribution in [0.2, 0.25) is 0 Å². The molecule has 0 fully saturated rings. The zero-order chi connectivity index (χ0) is 21.8. The van der Waals surface area contributed by atoms with Crippen molar-refractivity contribution in [3.05, 3.63) is 97.0 Å². The van der Waals surface area contributed by atoms with Crippen molar-refractivity contribution in [1.82, 2.24) is 19.7 Å². The number of benzene rings is 3. The van der Waals surface area contributed by atoms with Crippen molar-refractivity contribution >= 4 is 23.1 Å². The van der Waals surface area contributed by atoms with E-state index < -0.39 is 0 Å². The predicted octanol–water partition coefficient (Wildman–Crippen LogP) is 4.94. The number of ether oxygens (including phenoxy) is 1. The van der Waals surface area contributed by atoms with Crippen molar-refractivity contribution in [2.24, 2.45) is 5.10 Å². The monoisotopic (exact) mass is 420 g/mol. The number of nitrogens with one attached hydrogen (secondary N) is 1. The van der Waals surface area contributed by atoms with Gasteiger partial charge in [0, 0.05) is 6.07 Å². The third kappa shape index (κ3) is 3.91. The summed E-state index contributed by atoms with van der Waals surface area (Å²) in [5.74, 6) is 1.34. The van der Waals surface area contributed by atoms with E-state index in [2.05, 4.69) is 49.9 Å². The second kappa shape index (κ2) is 8.69. The zero-order valence-corrected chi connectivity index (χ0v) is 17.4. The number of anilines is 1. The normalized spacial score (nSPS) is 11.2. The maximum Gasteiger partial charge on any atom is 0.168 e. The van der Waals surface area contributed by atoms with Gasteiger partial charge in [-0.25, -0.2) is 14.6 Å². The molecule has 0 aliphatic heterocycles. The van der Waals surface area contributed by atoms with E-state index >= 15 is 0 Å². The molecule has 0 radical (unpaired) electrons. The summed E-state index contributed by atoms with van der Waals surface area (Å²) >= 11 is 0. The highest BCUT2D eigenvalue weighted by molar-refractivity contribution is 5.88. The van der Waals surface area contributed by atoms with Crippen molar-refractivity contribution < 1.29 is 4.74 Å². The molecule has 0 saturated carbocycles. The number of aromatic nitrogens is 4. The van der Waals surface area contributed by atoms with E-state index in [1.54, 1.807) is 24.2 Å². The van der Waals surface area contributed by atoms with E-state index in [1.807, 2.05) is 54.6 Å². The van der Waals surface area contributed by atoms with E-state index in [-0.39, 0.29) is 0 Å². The molecule has 5 aromatic rings. The van der Waals surface area contributed by atoms with Gasteiger partial charge in [0.05, 0.1) is 30.6 Å². The van der Waals surface area contributed by atoms with Crippen molar-refractivity contribution in [2.45, 2.75) is 0 Å². The molecule has 7 nitrogen and oxygen atoms in total. The first-order valence-electron chi connectivity index (χ1n) is 10.1. The predicted molar refractivity (Wildman–Crippen MR) is 126 cm³/mol. The zero-order valence-electron chi connectivity index (χ0n) is 17.4. The van der Waals surface area contributed by atoms with E-state index in [9.17, 15) is 0 Å². The Bertz CT molecular complexity index is 1380. The number of hydrazone groups is 1. The lowest BCUT2D eigenvalue weighted by atomic mass is 10.0. The average Bonchev–Trinajstić information content (AvgIpc) is 3.30. The quantitative estimate of drug-likeness (QED) is 0.311. The molecule has 0 bridgehead atoms. The fourth-order valence-corrected chi connectivity index (χ4v) is 3.42. The van der Waals surface area contributed by atoms with Gasteiger partial charge in [-0.1, -0.05) is 60.7 Å². The number of hydrogen-bond donors (Lipinski definition) is 1. The van der Waals surface area contributed by atoms with Crippen LogP contribution in [-0.2, 0) is 0 Å². The van der Waals surface area contributed by atoms with Crippen molar-refractivity contribution in [3.8, 4) is 22.6 Å². The van der Waals surface area contributed by atoms with E-state index in [1.165, 1.54) is 11.9 Å². The van der Waals surface area contributed by atoms with Gasteiger partial charge in [0.15, 0.2) is 11.5 Å². The molecule has 32 heavy (non-hydrogen) atoms. The van der Waals surface area contributed by atoms with Crippen LogP contribution >= 0.6 is 0 Å². The van der Waals surface area contributed by atoms with Gasteiger partial charge in [-0.3, -0.25) is 5.43 Å². The van der Waals surface area contributed by atoms with Crippen molar-refractivity contribution in [2.75, 3.05) is 12.5 Å². The van der Waals surface area contributed by atoms with Crippen LogP contribution in [0, 0.1) is 0 Å². The summed E-state index contributed by atoms with van der Waals surface area (Å²) in [6.45, 7) is 0. The van der Waals surface area contributed by atoms with Crippen LogP contribution in [0.5, 0.6) is 5.75 Å². The second-order valence-corrected chi connectivity index (χ2v) is 7.08. The fourth-order valence-electron chi connectivity index (χ4n) is 3.42. The number of rotatable bonds is 6. The van der Waals surface area contributed by atoms with Gasteiger partial charge in [-0.15, -0.1) is 0 Å². The Morgan fingerprint density at radius 3 is 2.53 bits per heavy atom. The standard InChI is InChI=1S/C25H20N6O/c1-32-22-9-5-8-21(14-22)31-25-23(16-29-31)24(26-17-27-25)30-28-15-18-10-12-20(13-11-18)19-6-3-2-4-7-19/h2-17H,1H3,(H,26,27,30)/b28-15+. The SMILES string of the molecule is COc1cccc(-n2ncc3c(N/N=C/c4ccc(-c5ccccc5)cc4)ncnc32)c1. The van der Waals surface area contributed by atoms with Gasteiger partial charge in [0.2, 0.25) is 0 Å². The number of fused-ring (bicyclic) bond motifs is 1. The molecule has 1 N–H and O–H groups in total. The summed E-state index contributed by atoms with van der Waals surface area (Å²) < 4.78 is 7.06. The smallest absolute Gasteiger partial charge is 0.168 e. The summed E-state index contributed by atoms with van der Waals surface area (Å²) in [4.78, 5) is 8.71. The van der Waals surface area contributed by atoms with E-state index in [4.69, 9.17) is 4.74 Å². The average molecular weight is 420 g/mol. The maximum absolute atomic E-state index is 5.31. The highest BCUT2D eigenvalue weighted by Gasteiger charge is 2.11. The number of nitrogens with zero attached hydrogens (tertiary/aromatic N) is 5. The van der Waals surface area contributed by atoms with Crippen molar-refractivity contribution in [1.29, 1.82) is 0 Å². The molecule has 2 aromatic heterocycles. The molecule has 0 aliphatic carbocycles. The summed E-state index contributed by atoms with van der Waals surface area (Å²) in [6, 6.07) is 26.1. The van der Waals surface area contributed by atoms with E-state index in [0.29, 0.717) is 11.5 Å². The lowest BCUT2D eigenvalue weighted by molar-refractivity contribution is 0.414. The summed E-state index contributed by atoms with van der Waals surface area (Å²) in [6.07, 6.45) is 4.98. The molecular formula is C25H20N6O. The molecule has 0 spiro atoms. The Morgan fingerprint density at radius 2 is 1.72 bits per heavy atom. The molecule has 7 heteroatoms. The summed E-state index contributed by atoms with van der Waals surface area (Å²) in [5.41, 5.74) is 7.87. The van der Waals surface area contributed by atoms with E-state index in [0.717, 1.165) is 28.0 Å². The Labute approximate surface area is 185 Å². The van der Waals surface area contributed by atoms with Crippen LogP contribution in [0.4, 0.5) is 5.82 Å². The molecule has 3 aromatic carbocycles. The minimum absolute atomic E-state index is 0.585. The largest absolute Gasteiger partial charge is 0.497 e. The third-order valence-electron chi connectivity index (χ3n) is 5.07. The Kier molecular flexibility index (Phi) is 5.28. The van der Waals surface area contributed by atoms with Crippen molar-refractivity contribution in [3.63, 3.8) is 0 Å². The molecule has 0 aliphatic rings. The van der Waals surface area contributed by atoms with Crippen LogP contribution in [0.1, 0.15) is 5.56 Å². The summed E-state index contributed by atoms with van der Waals surface area (Å²) in [7, 11) is 1.64. The molecular weight excluding hydrogens is 400 g/mol. The molecule has 156 valence electrons. The molecule has 2 heterocycles. The van der Waals surface area contributed by atoms with Gasteiger partial charge >= 0.3 is 0 Å². The van der Waals surface area contributed by atoms with Crippen LogP contribution in [0.15, 0.2) is 96.5 Å². The Hall–Kier alpha value is -4.52. The van der Waals surface area contributed by atoms with Gasteiger partial charge < -0.3 is 4.74 Å². The third-order valence-corrected chi connectivity index (χ3v) is 5.07. The number of hydrogen-bond acceptors (Lipinski definition) is 6. The van der Waals surface area contributed by atoms with Gasteiger partial charge in [0.25, 0.3) is 0 Å². The summed E-state index contributed by atoms with van der Waals surface area (Å²) in [5, 5.41) is 9.59. The second-order valence-electron chi connectivity index (χ2n) is 7.08. The van der Waals surface area contributed by atoms with Gasteiger partial charge in [0.1, 0.15) is 12.1 Å². The number of methoxy groups -OCH3 is 1. The van der Waals surface area contributed by atoms with Gasteiger partial charge in [-0.2, -0.15) is 10.2 Å². The lowest BCUT2D eigenvalue weighted by Crippen LogP contribution is -2.00. The topological polar surface area (TPSA) is 77.2 Å². The first kappa shape index (κ1) is 19.4. The molecule has 0 atom stereocenters. The van der Waals surface area contributed by atoms with Gasteiger partial charge in [-0.05, 0) is 28.8 Å². The first-order chi connectivity index (χ1) is 15.8. The van der Waals surface area contributed by atoms with Crippen LogP contribution in [0.3, 0.4) is 0 Å². The Balaban J connectivity index is 1.36. The highest BCUT2D eigenvalue weighted by Crippen LogP contribution is 2.24. The highest BCUT2D eigenvalue weighted by atomic mass is 16.5. The minimum Gasteiger partial charge on any atom is -0.497 e. The molecule has 0 unspecified atom stereocenters. The van der Waals surface area contributed by atoms with Crippen LogP contribution in [0.25, 0.3) is 27.8 Å². The molecule has 5 rings (SSSR count). The molecule has 0 amide bonds. The first-order valence-corrected chi connectivity index (χ1v) is 10.1. The fraction of sp³-hybridized carbons (Fsp3) is 0.0400. The lowest BCUT2D eigenvalue weighted by Gasteiger charge is -2.06.